The molecule has 0 spiro atoms. The van der Waals surface area contributed by atoms with Crippen molar-refractivity contribution in [2.24, 2.45) is 0 Å². The van der Waals surface area contributed by atoms with Gasteiger partial charge in [0.25, 0.3) is 0 Å². The maximum atomic E-state index is 6.16. The zero-order chi connectivity index (χ0) is 18.8. The molecule has 2 aromatic heterocycles. The van der Waals surface area contributed by atoms with E-state index in [0.29, 0.717) is 23.5 Å². The molecule has 0 amide bonds. The van der Waals surface area contributed by atoms with Gasteiger partial charge in [0.2, 0.25) is 5.95 Å². The lowest BCUT2D eigenvalue weighted by Crippen LogP contribution is -2.37. The monoisotopic (exact) mass is 364 g/mol. The molecule has 0 bridgehead atoms. The van der Waals surface area contributed by atoms with Crippen molar-refractivity contribution in [2.75, 3.05) is 38.3 Å². The Hall–Kier alpha value is -2.93. The number of hydrogen-bond acceptors (Lipinski definition) is 7. The molecule has 3 heterocycles. The van der Waals surface area contributed by atoms with Crippen LogP contribution in [0.1, 0.15) is 12.8 Å². The second-order valence-electron chi connectivity index (χ2n) is 6.95. The normalized spacial score (nSPS) is 15.8. The molecular weight excluding hydrogens is 340 g/mol. The molecule has 0 aliphatic carbocycles. The average molecular weight is 364 g/mol. The lowest BCUT2D eigenvalue weighted by Gasteiger charge is -2.29. The first-order valence-corrected chi connectivity index (χ1v) is 9.16. The molecule has 140 valence electrons. The Morgan fingerprint density at radius 1 is 1.11 bits per heavy atom. The Balaban J connectivity index is 1.65. The molecule has 0 unspecified atom stereocenters. The minimum atomic E-state index is 0.361. The van der Waals surface area contributed by atoms with E-state index in [-0.39, 0.29) is 0 Å². The summed E-state index contributed by atoms with van der Waals surface area (Å²) in [6, 6.07) is 12.0. The van der Waals surface area contributed by atoms with Crippen LogP contribution in [0.5, 0.6) is 5.75 Å². The minimum Gasteiger partial charge on any atom is -0.497 e. The number of fused-ring (bicyclic) bond motifs is 1. The van der Waals surface area contributed by atoms with E-state index in [0.717, 1.165) is 48.3 Å². The van der Waals surface area contributed by atoms with E-state index >= 15 is 0 Å². The van der Waals surface area contributed by atoms with Crippen LogP contribution in [0.4, 0.5) is 11.8 Å². The number of ether oxygens (including phenoxy) is 1. The van der Waals surface area contributed by atoms with Crippen LogP contribution in [0.15, 0.2) is 36.4 Å². The summed E-state index contributed by atoms with van der Waals surface area (Å²) in [6.45, 7) is 2.14. The molecule has 27 heavy (non-hydrogen) atoms. The highest BCUT2D eigenvalue weighted by molar-refractivity contribution is 5.88. The molecule has 1 aliphatic heterocycles. The maximum Gasteiger partial charge on any atom is 0.226 e. The molecule has 1 aromatic carbocycles. The number of methoxy groups -OCH3 is 1. The molecule has 1 aliphatic rings. The zero-order valence-electron chi connectivity index (χ0n) is 15.6. The Bertz CT molecular complexity index is 952. The molecule has 1 fully saturated rings. The van der Waals surface area contributed by atoms with Crippen LogP contribution >= 0.6 is 0 Å². The number of anilines is 2. The van der Waals surface area contributed by atoms with Crippen molar-refractivity contribution in [3.8, 4) is 17.0 Å². The molecule has 1 saturated heterocycles. The van der Waals surface area contributed by atoms with Gasteiger partial charge in [0.15, 0.2) is 5.65 Å². The van der Waals surface area contributed by atoms with Crippen LogP contribution in [-0.4, -0.2) is 53.1 Å². The van der Waals surface area contributed by atoms with Gasteiger partial charge in [-0.3, -0.25) is 0 Å². The summed E-state index contributed by atoms with van der Waals surface area (Å²) >= 11 is 0. The van der Waals surface area contributed by atoms with Crippen LogP contribution in [0.25, 0.3) is 22.3 Å². The second-order valence-corrected chi connectivity index (χ2v) is 6.95. The van der Waals surface area contributed by atoms with E-state index < -0.39 is 0 Å². The average Bonchev–Trinajstić information content (AvgIpc) is 2.69. The van der Waals surface area contributed by atoms with Gasteiger partial charge < -0.3 is 20.7 Å². The highest BCUT2D eigenvalue weighted by Gasteiger charge is 2.18. The third kappa shape index (κ3) is 3.78. The number of pyridine rings is 1. The first-order chi connectivity index (χ1) is 13.1. The number of nitrogens with one attached hydrogen (secondary N) is 1. The molecule has 0 radical (unpaired) electrons. The fourth-order valence-corrected chi connectivity index (χ4v) is 3.38. The van der Waals surface area contributed by atoms with Gasteiger partial charge in [-0.25, -0.2) is 4.98 Å². The fraction of sp³-hybridized carbons (Fsp3) is 0.350. The number of nitrogens with two attached hydrogens (primary N) is 1. The van der Waals surface area contributed by atoms with Crippen molar-refractivity contribution in [3.05, 3.63) is 36.4 Å². The molecular formula is C20H24N6O. The van der Waals surface area contributed by atoms with Gasteiger partial charge in [-0.15, -0.1) is 0 Å². The van der Waals surface area contributed by atoms with E-state index in [1.54, 1.807) is 7.11 Å². The highest BCUT2D eigenvalue weighted by Crippen LogP contribution is 2.26. The van der Waals surface area contributed by atoms with Crippen molar-refractivity contribution in [2.45, 2.75) is 18.9 Å². The highest BCUT2D eigenvalue weighted by atomic mass is 16.5. The molecule has 7 heteroatoms. The van der Waals surface area contributed by atoms with Crippen LogP contribution < -0.4 is 15.8 Å². The smallest absolute Gasteiger partial charge is 0.226 e. The zero-order valence-corrected chi connectivity index (χ0v) is 15.6. The standard InChI is InChI=1S/C20H24N6O/c1-26-10-8-14(9-11-26)22-20-24-18(21)16-6-7-17(23-19(16)25-20)13-4-3-5-15(12-13)27-2/h3-7,12,14H,8-11H2,1-2H3,(H3,21,22,23,24,25). The van der Waals surface area contributed by atoms with Crippen LogP contribution in [0.3, 0.4) is 0 Å². The summed E-state index contributed by atoms with van der Waals surface area (Å²) in [7, 11) is 3.80. The van der Waals surface area contributed by atoms with E-state index in [9.17, 15) is 0 Å². The summed E-state index contributed by atoms with van der Waals surface area (Å²) in [5, 5.41) is 4.18. The number of rotatable bonds is 4. The van der Waals surface area contributed by atoms with Gasteiger partial charge in [0.05, 0.1) is 18.2 Å². The Morgan fingerprint density at radius 3 is 2.70 bits per heavy atom. The predicted molar refractivity (Wildman–Crippen MR) is 108 cm³/mol. The van der Waals surface area contributed by atoms with Crippen molar-refractivity contribution in [1.29, 1.82) is 0 Å². The van der Waals surface area contributed by atoms with Gasteiger partial charge in [-0.1, -0.05) is 12.1 Å². The molecule has 0 atom stereocenters. The third-order valence-corrected chi connectivity index (χ3v) is 5.01. The van der Waals surface area contributed by atoms with E-state index in [2.05, 4.69) is 27.2 Å². The Kier molecular flexibility index (Phi) is 4.77. The van der Waals surface area contributed by atoms with Gasteiger partial charge in [-0.2, -0.15) is 9.97 Å². The van der Waals surface area contributed by atoms with Crippen molar-refractivity contribution < 1.29 is 4.74 Å². The van der Waals surface area contributed by atoms with Gasteiger partial charge in [0.1, 0.15) is 11.6 Å². The largest absolute Gasteiger partial charge is 0.497 e. The molecule has 3 aromatic rings. The summed E-state index contributed by atoms with van der Waals surface area (Å²) in [5.74, 6) is 1.78. The number of aromatic nitrogens is 3. The van der Waals surface area contributed by atoms with E-state index in [1.807, 2.05) is 36.4 Å². The molecule has 0 saturated carbocycles. The Morgan fingerprint density at radius 2 is 1.93 bits per heavy atom. The minimum absolute atomic E-state index is 0.361. The van der Waals surface area contributed by atoms with Crippen molar-refractivity contribution in [1.82, 2.24) is 19.9 Å². The topological polar surface area (TPSA) is 89.2 Å². The second kappa shape index (κ2) is 7.36. The molecule has 7 nitrogen and oxygen atoms in total. The van der Waals surface area contributed by atoms with E-state index in [1.165, 1.54) is 0 Å². The van der Waals surface area contributed by atoms with Gasteiger partial charge in [-0.05, 0) is 57.2 Å². The summed E-state index contributed by atoms with van der Waals surface area (Å²) in [4.78, 5) is 16.1. The number of piperidine rings is 1. The maximum absolute atomic E-state index is 6.16. The predicted octanol–water partition coefficient (Wildman–Crippen LogP) is 2.79. The van der Waals surface area contributed by atoms with Crippen LogP contribution in [0.2, 0.25) is 0 Å². The Labute approximate surface area is 158 Å². The summed E-state index contributed by atoms with van der Waals surface area (Å²) in [5.41, 5.74) is 8.55. The quantitative estimate of drug-likeness (QED) is 0.736. The van der Waals surface area contributed by atoms with Gasteiger partial charge in [0, 0.05) is 11.6 Å². The molecule has 4 rings (SSSR count). The first-order valence-electron chi connectivity index (χ1n) is 9.16. The van der Waals surface area contributed by atoms with Crippen LogP contribution in [0, 0.1) is 0 Å². The number of hydrogen-bond donors (Lipinski definition) is 2. The third-order valence-electron chi connectivity index (χ3n) is 5.01. The number of nitrogens with zero attached hydrogens (tertiary/aromatic N) is 4. The van der Waals surface area contributed by atoms with Gasteiger partial charge >= 0.3 is 0 Å². The van der Waals surface area contributed by atoms with Crippen molar-refractivity contribution >= 4 is 22.8 Å². The number of nitrogen functional groups attached to an aromatic ring is 1. The fourth-order valence-electron chi connectivity index (χ4n) is 3.38. The SMILES string of the molecule is COc1cccc(-c2ccc3c(N)nc(NC4CCN(C)CC4)nc3n2)c1. The van der Waals surface area contributed by atoms with Crippen LogP contribution in [-0.2, 0) is 0 Å². The van der Waals surface area contributed by atoms with E-state index in [4.69, 9.17) is 15.5 Å². The first kappa shape index (κ1) is 17.5. The number of benzene rings is 1. The lowest BCUT2D eigenvalue weighted by atomic mass is 10.1. The summed E-state index contributed by atoms with van der Waals surface area (Å²) < 4.78 is 5.31. The summed E-state index contributed by atoms with van der Waals surface area (Å²) in [6.07, 6.45) is 2.13. The lowest BCUT2D eigenvalue weighted by molar-refractivity contribution is 0.263. The van der Waals surface area contributed by atoms with Crippen molar-refractivity contribution in [3.63, 3.8) is 0 Å². The molecule has 3 N–H and O–H groups in total. The number of likely N-dealkylation sites (tertiary alicyclic amines) is 1.